The molecule has 0 saturated carbocycles. The molecule has 1 aromatic carbocycles. The van der Waals surface area contributed by atoms with Crippen LogP contribution in [0, 0.1) is 0 Å². The zero-order valence-electron chi connectivity index (χ0n) is 11.9. The lowest BCUT2D eigenvalue weighted by Crippen LogP contribution is -2.39. The number of likely N-dealkylation sites (N-methyl/N-ethyl adjacent to an activating group) is 1. The Morgan fingerprint density at radius 1 is 1.37 bits per heavy atom. The molecule has 19 heavy (non-hydrogen) atoms. The molecule has 0 aliphatic carbocycles. The van der Waals surface area contributed by atoms with Crippen LogP contribution in [-0.4, -0.2) is 44.0 Å². The monoisotopic (exact) mass is 263 g/mol. The molecule has 3 N–H and O–H groups in total. The second-order valence-electron chi connectivity index (χ2n) is 4.75. The number of nitrogens with zero attached hydrogens (tertiary/aromatic N) is 1. The van der Waals surface area contributed by atoms with Crippen molar-refractivity contribution in [1.82, 2.24) is 10.2 Å². The fourth-order valence-corrected chi connectivity index (χ4v) is 2.19. The van der Waals surface area contributed by atoms with Crippen LogP contribution in [0.3, 0.4) is 0 Å². The standard InChI is InChI=1S/C15H25N3O/c1-3-9-18(12-15(19)17-2)11-14(10-16)13-7-5-4-6-8-13/h4-8,14H,3,9-12,16H2,1-2H3,(H,17,19). The minimum absolute atomic E-state index is 0.0530. The molecular formula is C15H25N3O. The summed E-state index contributed by atoms with van der Waals surface area (Å²) in [4.78, 5) is 13.7. The number of hydrogen-bond donors (Lipinski definition) is 2. The van der Waals surface area contributed by atoms with E-state index in [1.54, 1.807) is 7.05 Å². The Kier molecular flexibility index (Phi) is 7.15. The molecule has 0 aromatic heterocycles. The maximum atomic E-state index is 11.5. The lowest BCUT2D eigenvalue weighted by atomic mass is 9.98. The number of rotatable bonds is 8. The molecule has 0 aliphatic rings. The lowest BCUT2D eigenvalue weighted by molar-refractivity contribution is -0.121. The topological polar surface area (TPSA) is 58.4 Å². The van der Waals surface area contributed by atoms with Gasteiger partial charge in [0.05, 0.1) is 6.54 Å². The Morgan fingerprint density at radius 2 is 2.05 bits per heavy atom. The smallest absolute Gasteiger partial charge is 0.233 e. The van der Waals surface area contributed by atoms with E-state index in [2.05, 4.69) is 29.3 Å². The van der Waals surface area contributed by atoms with Crippen molar-refractivity contribution < 1.29 is 4.79 Å². The van der Waals surface area contributed by atoms with Crippen molar-refractivity contribution in [2.75, 3.05) is 33.2 Å². The highest BCUT2D eigenvalue weighted by molar-refractivity contribution is 5.77. The number of nitrogens with one attached hydrogen (secondary N) is 1. The van der Waals surface area contributed by atoms with Gasteiger partial charge in [-0.1, -0.05) is 37.3 Å². The number of nitrogens with two attached hydrogens (primary N) is 1. The van der Waals surface area contributed by atoms with Crippen molar-refractivity contribution in [3.63, 3.8) is 0 Å². The third kappa shape index (κ3) is 5.41. The summed E-state index contributed by atoms with van der Waals surface area (Å²) in [5, 5.41) is 2.67. The Hall–Kier alpha value is -1.39. The second kappa shape index (κ2) is 8.67. The van der Waals surface area contributed by atoms with Gasteiger partial charge in [0, 0.05) is 26.1 Å². The Bertz CT molecular complexity index is 367. The first kappa shape index (κ1) is 15.7. The molecule has 1 unspecified atom stereocenters. The van der Waals surface area contributed by atoms with Gasteiger partial charge >= 0.3 is 0 Å². The molecule has 0 spiro atoms. The molecule has 1 amide bonds. The molecule has 0 aliphatic heterocycles. The predicted molar refractivity (Wildman–Crippen MR) is 79.0 cm³/mol. The zero-order chi connectivity index (χ0) is 14.1. The van der Waals surface area contributed by atoms with Gasteiger partial charge in [-0.15, -0.1) is 0 Å². The average molecular weight is 263 g/mol. The van der Waals surface area contributed by atoms with E-state index < -0.39 is 0 Å². The number of benzene rings is 1. The molecule has 1 rings (SSSR count). The average Bonchev–Trinajstić information content (AvgIpc) is 2.45. The summed E-state index contributed by atoms with van der Waals surface area (Å²) >= 11 is 0. The van der Waals surface area contributed by atoms with E-state index in [9.17, 15) is 4.79 Å². The molecule has 1 atom stereocenters. The molecule has 1 aromatic rings. The highest BCUT2D eigenvalue weighted by Crippen LogP contribution is 2.15. The van der Waals surface area contributed by atoms with Crippen LogP contribution in [0.1, 0.15) is 24.8 Å². The van der Waals surface area contributed by atoms with Crippen LogP contribution >= 0.6 is 0 Å². The van der Waals surface area contributed by atoms with Gasteiger partial charge in [0.25, 0.3) is 0 Å². The summed E-state index contributed by atoms with van der Waals surface area (Å²) in [5.74, 6) is 0.328. The second-order valence-corrected chi connectivity index (χ2v) is 4.75. The SMILES string of the molecule is CCCN(CC(=O)NC)CC(CN)c1ccccc1. The summed E-state index contributed by atoms with van der Waals surface area (Å²) in [6.45, 7) is 4.89. The minimum Gasteiger partial charge on any atom is -0.358 e. The van der Waals surface area contributed by atoms with Gasteiger partial charge in [-0.25, -0.2) is 0 Å². The van der Waals surface area contributed by atoms with Crippen LogP contribution in [-0.2, 0) is 4.79 Å². The largest absolute Gasteiger partial charge is 0.358 e. The van der Waals surface area contributed by atoms with Gasteiger partial charge < -0.3 is 11.1 Å². The summed E-state index contributed by atoms with van der Waals surface area (Å²) in [7, 11) is 1.67. The number of amides is 1. The Labute approximate surface area is 116 Å². The van der Waals surface area contributed by atoms with E-state index in [0.717, 1.165) is 19.5 Å². The number of hydrogen-bond acceptors (Lipinski definition) is 3. The van der Waals surface area contributed by atoms with Crippen molar-refractivity contribution >= 4 is 5.91 Å². The van der Waals surface area contributed by atoms with Gasteiger partial charge in [-0.05, 0) is 18.5 Å². The first-order chi connectivity index (χ1) is 9.21. The predicted octanol–water partition coefficient (Wildman–Crippen LogP) is 1.19. The minimum atomic E-state index is 0.0530. The quantitative estimate of drug-likeness (QED) is 0.740. The van der Waals surface area contributed by atoms with Crippen LogP contribution in [0.25, 0.3) is 0 Å². The van der Waals surface area contributed by atoms with E-state index in [1.165, 1.54) is 5.56 Å². The summed E-state index contributed by atoms with van der Waals surface area (Å²) in [5.41, 5.74) is 7.12. The van der Waals surface area contributed by atoms with Crippen LogP contribution in [0.2, 0.25) is 0 Å². The molecule has 0 saturated heterocycles. The molecule has 4 heteroatoms. The lowest BCUT2D eigenvalue weighted by Gasteiger charge is -2.26. The molecule has 4 nitrogen and oxygen atoms in total. The summed E-state index contributed by atoms with van der Waals surface area (Å²) < 4.78 is 0. The van der Waals surface area contributed by atoms with Gasteiger partial charge in [0.15, 0.2) is 0 Å². The van der Waals surface area contributed by atoms with E-state index >= 15 is 0 Å². The molecular weight excluding hydrogens is 238 g/mol. The zero-order valence-corrected chi connectivity index (χ0v) is 11.9. The highest BCUT2D eigenvalue weighted by atomic mass is 16.1. The molecule has 0 radical (unpaired) electrons. The molecule has 0 heterocycles. The summed E-state index contributed by atoms with van der Waals surface area (Å²) in [6, 6.07) is 10.3. The van der Waals surface area contributed by atoms with E-state index in [-0.39, 0.29) is 11.8 Å². The third-order valence-electron chi connectivity index (χ3n) is 3.22. The van der Waals surface area contributed by atoms with Crippen LogP contribution in [0.15, 0.2) is 30.3 Å². The third-order valence-corrected chi connectivity index (χ3v) is 3.22. The highest BCUT2D eigenvalue weighted by Gasteiger charge is 2.16. The summed E-state index contributed by atoms with van der Waals surface area (Å²) in [6.07, 6.45) is 1.03. The van der Waals surface area contributed by atoms with E-state index in [0.29, 0.717) is 13.1 Å². The van der Waals surface area contributed by atoms with Crippen LogP contribution in [0.5, 0.6) is 0 Å². The Balaban J connectivity index is 2.67. The van der Waals surface area contributed by atoms with Crippen LogP contribution in [0.4, 0.5) is 0 Å². The van der Waals surface area contributed by atoms with E-state index in [4.69, 9.17) is 5.73 Å². The van der Waals surface area contributed by atoms with Crippen molar-refractivity contribution in [2.45, 2.75) is 19.3 Å². The maximum absolute atomic E-state index is 11.5. The maximum Gasteiger partial charge on any atom is 0.233 e. The van der Waals surface area contributed by atoms with Gasteiger partial charge in [-0.2, -0.15) is 0 Å². The van der Waals surface area contributed by atoms with Crippen LogP contribution < -0.4 is 11.1 Å². The van der Waals surface area contributed by atoms with Crippen molar-refractivity contribution in [3.8, 4) is 0 Å². The van der Waals surface area contributed by atoms with Crippen molar-refractivity contribution in [1.29, 1.82) is 0 Å². The first-order valence-electron chi connectivity index (χ1n) is 6.89. The molecule has 106 valence electrons. The Morgan fingerprint density at radius 3 is 2.58 bits per heavy atom. The fourth-order valence-electron chi connectivity index (χ4n) is 2.19. The van der Waals surface area contributed by atoms with Gasteiger partial charge in [-0.3, -0.25) is 9.69 Å². The van der Waals surface area contributed by atoms with Gasteiger partial charge in [0.1, 0.15) is 0 Å². The first-order valence-corrected chi connectivity index (χ1v) is 6.89. The molecule has 0 bridgehead atoms. The van der Waals surface area contributed by atoms with Crippen molar-refractivity contribution in [3.05, 3.63) is 35.9 Å². The molecule has 0 fully saturated rings. The van der Waals surface area contributed by atoms with Gasteiger partial charge in [0.2, 0.25) is 5.91 Å². The van der Waals surface area contributed by atoms with E-state index in [1.807, 2.05) is 18.2 Å². The fraction of sp³-hybridized carbons (Fsp3) is 0.533. The normalized spacial score (nSPS) is 12.4. The number of carbonyl (C=O) groups is 1. The number of carbonyl (C=O) groups excluding carboxylic acids is 1. The van der Waals surface area contributed by atoms with Crippen molar-refractivity contribution in [2.24, 2.45) is 5.73 Å².